The highest BCUT2D eigenvalue weighted by Crippen LogP contribution is 2.37. The van der Waals surface area contributed by atoms with Gasteiger partial charge in [-0.1, -0.05) is 54.0 Å². The van der Waals surface area contributed by atoms with Crippen LogP contribution in [0, 0.1) is 0 Å². The molecule has 0 bridgehead atoms. The third kappa shape index (κ3) is 2.36. The van der Waals surface area contributed by atoms with Gasteiger partial charge in [0.25, 0.3) is 0 Å². The van der Waals surface area contributed by atoms with Crippen molar-refractivity contribution in [2.75, 3.05) is 5.73 Å². The van der Waals surface area contributed by atoms with E-state index < -0.39 is 0 Å². The summed E-state index contributed by atoms with van der Waals surface area (Å²) in [5, 5.41) is 3.87. The molecule has 0 atom stereocenters. The molecule has 0 aliphatic carbocycles. The minimum atomic E-state index is -0.118. The number of rotatable bonds is 1. The monoisotopic (exact) mass is 294 g/mol. The van der Waals surface area contributed by atoms with Gasteiger partial charge in [-0.15, -0.1) is 0 Å². The minimum absolute atomic E-state index is 0.118. The van der Waals surface area contributed by atoms with Crippen LogP contribution >= 0.6 is 15.9 Å². The Morgan fingerprint density at radius 1 is 1.18 bits per heavy atom. The lowest BCUT2D eigenvalue weighted by molar-refractivity contribution is 0.332. The van der Waals surface area contributed by atoms with Gasteiger partial charge in [-0.3, -0.25) is 0 Å². The molecule has 0 saturated heterocycles. The third-order valence-corrected chi connectivity index (χ3v) is 3.06. The molecule has 90 valence electrons. The van der Waals surface area contributed by atoms with Gasteiger partial charge in [0, 0.05) is 9.89 Å². The Bertz CT molecular complexity index is 523. The number of hydrogen-bond donors (Lipinski definition) is 1. The first kappa shape index (κ1) is 12.2. The summed E-state index contributed by atoms with van der Waals surface area (Å²) in [6, 6.07) is 7.97. The molecular formula is C13H15BrN2O. The van der Waals surface area contributed by atoms with E-state index in [2.05, 4.69) is 41.9 Å². The van der Waals surface area contributed by atoms with Crippen molar-refractivity contribution < 1.29 is 4.52 Å². The van der Waals surface area contributed by atoms with Crippen LogP contribution in [0.15, 0.2) is 33.3 Å². The zero-order valence-corrected chi connectivity index (χ0v) is 11.7. The third-order valence-electron chi connectivity index (χ3n) is 2.53. The van der Waals surface area contributed by atoms with Crippen LogP contribution in [0.2, 0.25) is 0 Å². The lowest BCUT2D eigenvalue weighted by atomic mass is 9.88. The van der Waals surface area contributed by atoms with Crippen molar-refractivity contribution >= 4 is 21.7 Å². The Morgan fingerprint density at radius 3 is 2.29 bits per heavy atom. The van der Waals surface area contributed by atoms with Crippen LogP contribution in [0.1, 0.15) is 26.5 Å². The van der Waals surface area contributed by atoms with Crippen LogP contribution in [-0.2, 0) is 5.41 Å². The molecule has 4 heteroatoms. The van der Waals surface area contributed by atoms with E-state index in [9.17, 15) is 0 Å². The van der Waals surface area contributed by atoms with Gasteiger partial charge in [0.1, 0.15) is 0 Å². The summed E-state index contributed by atoms with van der Waals surface area (Å²) in [5.74, 6) is 1.26. The van der Waals surface area contributed by atoms with Gasteiger partial charge in [0.15, 0.2) is 11.6 Å². The standard InChI is InChI=1S/C13H15BrN2O/c1-13(2,3)11-10(12(15)16-17-11)8-4-6-9(14)7-5-8/h4-7H,1-3H3,(H2,15,16). The maximum Gasteiger partial charge on any atom is 0.175 e. The highest BCUT2D eigenvalue weighted by molar-refractivity contribution is 9.10. The van der Waals surface area contributed by atoms with Gasteiger partial charge in [-0.05, 0) is 17.7 Å². The van der Waals surface area contributed by atoms with Crippen molar-refractivity contribution in [2.24, 2.45) is 0 Å². The maximum atomic E-state index is 5.89. The van der Waals surface area contributed by atoms with E-state index in [1.54, 1.807) is 0 Å². The number of hydrogen-bond acceptors (Lipinski definition) is 3. The van der Waals surface area contributed by atoms with E-state index >= 15 is 0 Å². The Kier molecular flexibility index (Phi) is 3.00. The summed E-state index contributed by atoms with van der Waals surface area (Å²) in [6.07, 6.45) is 0. The van der Waals surface area contributed by atoms with Crippen LogP contribution in [0.3, 0.4) is 0 Å². The average Bonchev–Trinajstić information content (AvgIpc) is 2.61. The fraction of sp³-hybridized carbons (Fsp3) is 0.308. The smallest absolute Gasteiger partial charge is 0.175 e. The minimum Gasteiger partial charge on any atom is -0.380 e. The quantitative estimate of drug-likeness (QED) is 0.865. The first-order valence-electron chi connectivity index (χ1n) is 5.41. The van der Waals surface area contributed by atoms with E-state index in [4.69, 9.17) is 10.3 Å². The average molecular weight is 295 g/mol. The number of halogens is 1. The molecule has 1 aromatic carbocycles. The molecule has 1 aromatic heterocycles. The second kappa shape index (κ2) is 4.18. The van der Waals surface area contributed by atoms with Crippen molar-refractivity contribution in [3.8, 4) is 11.1 Å². The molecule has 0 unspecified atom stereocenters. The van der Waals surface area contributed by atoms with E-state index in [0.29, 0.717) is 5.82 Å². The molecule has 0 aliphatic heterocycles. The predicted molar refractivity (Wildman–Crippen MR) is 72.8 cm³/mol. The highest BCUT2D eigenvalue weighted by Gasteiger charge is 2.26. The van der Waals surface area contributed by atoms with Crippen molar-refractivity contribution in [1.29, 1.82) is 0 Å². The number of aromatic nitrogens is 1. The van der Waals surface area contributed by atoms with Crippen LogP contribution in [-0.4, -0.2) is 5.16 Å². The molecule has 2 rings (SSSR count). The Labute approximate surface area is 109 Å². The SMILES string of the molecule is CC(C)(C)c1onc(N)c1-c1ccc(Br)cc1. The summed E-state index contributed by atoms with van der Waals surface area (Å²) in [6.45, 7) is 6.24. The number of nitrogens with zero attached hydrogens (tertiary/aromatic N) is 1. The number of nitrogen functional groups attached to an aromatic ring is 1. The largest absolute Gasteiger partial charge is 0.380 e. The zero-order valence-electron chi connectivity index (χ0n) is 10.1. The van der Waals surface area contributed by atoms with Crippen molar-refractivity contribution in [3.05, 3.63) is 34.5 Å². The predicted octanol–water partition coefficient (Wildman–Crippen LogP) is 3.98. The molecule has 0 radical (unpaired) electrons. The van der Waals surface area contributed by atoms with E-state index in [-0.39, 0.29) is 5.41 Å². The first-order chi connectivity index (χ1) is 7.89. The lowest BCUT2D eigenvalue weighted by Gasteiger charge is -2.16. The summed E-state index contributed by atoms with van der Waals surface area (Å²) < 4.78 is 6.39. The van der Waals surface area contributed by atoms with E-state index in [1.165, 1.54) is 0 Å². The molecule has 0 amide bonds. The van der Waals surface area contributed by atoms with Crippen LogP contribution in [0.5, 0.6) is 0 Å². The summed E-state index contributed by atoms with van der Waals surface area (Å²) >= 11 is 3.41. The molecule has 17 heavy (non-hydrogen) atoms. The van der Waals surface area contributed by atoms with Crippen LogP contribution in [0.25, 0.3) is 11.1 Å². The molecule has 0 saturated carbocycles. The molecular weight excluding hydrogens is 280 g/mol. The summed E-state index contributed by atoms with van der Waals surface area (Å²) in [7, 11) is 0. The molecule has 3 nitrogen and oxygen atoms in total. The van der Waals surface area contributed by atoms with Crippen molar-refractivity contribution in [1.82, 2.24) is 5.16 Å². The molecule has 1 heterocycles. The second-order valence-electron chi connectivity index (χ2n) is 5.03. The fourth-order valence-electron chi connectivity index (χ4n) is 1.71. The van der Waals surface area contributed by atoms with Gasteiger partial charge < -0.3 is 10.3 Å². The lowest BCUT2D eigenvalue weighted by Crippen LogP contribution is -2.11. The zero-order chi connectivity index (χ0) is 12.6. The number of anilines is 1. The Morgan fingerprint density at radius 2 is 1.76 bits per heavy atom. The number of nitrogens with two attached hydrogens (primary N) is 1. The maximum absolute atomic E-state index is 5.89. The normalized spacial score (nSPS) is 11.8. The fourth-order valence-corrected chi connectivity index (χ4v) is 1.97. The molecule has 2 N–H and O–H groups in total. The molecule has 0 fully saturated rings. The van der Waals surface area contributed by atoms with Gasteiger partial charge in [0.05, 0.1) is 5.56 Å². The first-order valence-corrected chi connectivity index (χ1v) is 6.20. The van der Waals surface area contributed by atoms with Gasteiger partial charge in [-0.2, -0.15) is 0 Å². The second-order valence-corrected chi connectivity index (χ2v) is 5.94. The topological polar surface area (TPSA) is 52.0 Å². The summed E-state index contributed by atoms with van der Waals surface area (Å²) in [4.78, 5) is 0. The number of benzene rings is 1. The molecule has 2 aromatic rings. The molecule has 0 spiro atoms. The molecule has 0 aliphatic rings. The Hall–Kier alpha value is -1.29. The van der Waals surface area contributed by atoms with Gasteiger partial charge >= 0.3 is 0 Å². The summed E-state index contributed by atoms with van der Waals surface area (Å²) in [5.41, 5.74) is 7.69. The Balaban J connectivity index is 2.59. The highest BCUT2D eigenvalue weighted by atomic mass is 79.9. The van der Waals surface area contributed by atoms with Crippen molar-refractivity contribution in [3.63, 3.8) is 0 Å². The van der Waals surface area contributed by atoms with Gasteiger partial charge in [-0.25, -0.2) is 0 Å². The van der Waals surface area contributed by atoms with E-state index in [0.717, 1.165) is 21.4 Å². The van der Waals surface area contributed by atoms with Crippen molar-refractivity contribution in [2.45, 2.75) is 26.2 Å². The van der Waals surface area contributed by atoms with Crippen LogP contribution < -0.4 is 5.73 Å². The van der Waals surface area contributed by atoms with E-state index in [1.807, 2.05) is 24.3 Å². The van der Waals surface area contributed by atoms with Gasteiger partial charge in [0.2, 0.25) is 0 Å². The van der Waals surface area contributed by atoms with Crippen LogP contribution in [0.4, 0.5) is 5.82 Å².